The highest BCUT2D eigenvalue weighted by molar-refractivity contribution is 5.93. The largest absolute Gasteiger partial charge is 0.497 e. The molecule has 0 saturated heterocycles. The fourth-order valence-electron chi connectivity index (χ4n) is 2.12. The molecule has 0 atom stereocenters. The molecule has 1 saturated carbocycles. The molecule has 5 nitrogen and oxygen atoms in total. The summed E-state index contributed by atoms with van der Waals surface area (Å²) in [5.41, 5.74) is 2.33. The van der Waals surface area contributed by atoms with E-state index >= 15 is 0 Å². The van der Waals surface area contributed by atoms with Crippen molar-refractivity contribution in [2.45, 2.75) is 18.9 Å². The van der Waals surface area contributed by atoms with Crippen LogP contribution in [0.25, 0.3) is 11.3 Å². The number of rotatable bonds is 4. The van der Waals surface area contributed by atoms with Crippen LogP contribution in [0.2, 0.25) is 0 Å². The summed E-state index contributed by atoms with van der Waals surface area (Å²) < 4.78 is 6.94. The Morgan fingerprint density at radius 3 is 2.90 bits per heavy atom. The third kappa shape index (κ3) is 2.52. The molecule has 104 valence electrons. The van der Waals surface area contributed by atoms with E-state index in [1.165, 1.54) is 0 Å². The molecule has 3 rings (SSSR count). The minimum Gasteiger partial charge on any atom is -0.497 e. The molecule has 1 N–H and O–H groups in total. The van der Waals surface area contributed by atoms with E-state index in [1.54, 1.807) is 11.8 Å². The predicted octanol–water partition coefficient (Wildman–Crippen LogP) is 1.99. The van der Waals surface area contributed by atoms with Crippen molar-refractivity contribution in [3.05, 3.63) is 36.0 Å². The number of carbonyl (C=O) groups is 1. The number of methoxy groups -OCH3 is 1. The third-order valence-corrected chi connectivity index (χ3v) is 3.39. The molecule has 0 aliphatic heterocycles. The number of ether oxygens (including phenoxy) is 1. The van der Waals surface area contributed by atoms with Crippen molar-refractivity contribution in [2.24, 2.45) is 7.05 Å². The number of hydrogen-bond donors (Lipinski definition) is 1. The van der Waals surface area contributed by atoms with Crippen molar-refractivity contribution >= 4 is 5.91 Å². The van der Waals surface area contributed by atoms with Crippen LogP contribution in [-0.4, -0.2) is 28.8 Å². The first-order valence-corrected chi connectivity index (χ1v) is 6.66. The van der Waals surface area contributed by atoms with Gasteiger partial charge in [0.25, 0.3) is 5.91 Å². The molecule has 1 aromatic heterocycles. The summed E-state index contributed by atoms with van der Waals surface area (Å²) in [5.74, 6) is 0.685. The molecule has 0 radical (unpaired) electrons. The molecular weight excluding hydrogens is 254 g/mol. The lowest BCUT2D eigenvalue weighted by Gasteiger charge is -2.04. The minimum atomic E-state index is -0.0998. The molecule has 1 aliphatic carbocycles. The van der Waals surface area contributed by atoms with Gasteiger partial charge in [-0.15, -0.1) is 0 Å². The van der Waals surface area contributed by atoms with Crippen LogP contribution in [0.3, 0.4) is 0 Å². The lowest BCUT2D eigenvalue weighted by Crippen LogP contribution is -2.25. The summed E-state index contributed by atoms with van der Waals surface area (Å²) in [6.07, 6.45) is 2.14. The first-order chi connectivity index (χ1) is 9.67. The number of aryl methyl sites for hydroxylation is 1. The summed E-state index contributed by atoms with van der Waals surface area (Å²) in [5, 5.41) is 7.23. The van der Waals surface area contributed by atoms with Gasteiger partial charge in [-0.1, -0.05) is 12.1 Å². The van der Waals surface area contributed by atoms with E-state index < -0.39 is 0 Å². The maximum absolute atomic E-state index is 12.0. The number of hydrogen-bond acceptors (Lipinski definition) is 3. The molecule has 0 bridgehead atoms. The fourth-order valence-corrected chi connectivity index (χ4v) is 2.12. The molecule has 1 aliphatic rings. The summed E-state index contributed by atoms with van der Waals surface area (Å²) >= 11 is 0. The maximum Gasteiger partial charge on any atom is 0.272 e. The van der Waals surface area contributed by atoms with Gasteiger partial charge in [0, 0.05) is 18.7 Å². The molecule has 0 unspecified atom stereocenters. The van der Waals surface area contributed by atoms with E-state index in [0.29, 0.717) is 11.7 Å². The average molecular weight is 271 g/mol. The van der Waals surface area contributed by atoms with E-state index in [2.05, 4.69) is 10.4 Å². The average Bonchev–Trinajstić information content (AvgIpc) is 3.18. The van der Waals surface area contributed by atoms with Gasteiger partial charge in [0.15, 0.2) is 5.69 Å². The first-order valence-electron chi connectivity index (χ1n) is 6.66. The van der Waals surface area contributed by atoms with Crippen LogP contribution < -0.4 is 10.1 Å². The zero-order valence-corrected chi connectivity index (χ0v) is 11.6. The standard InChI is InChI=1S/C15H17N3O2/c1-18-14(10-4-3-5-12(8-10)20-2)9-13(17-18)15(19)16-11-6-7-11/h3-5,8-9,11H,6-7H2,1-2H3,(H,16,19). The molecule has 1 heterocycles. The summed E-state index contributed by atoms with van der Waals surface area (Å²) in [4.78, 5) is 12.0. The van der Waals surface area contributed by atoms with Gasteiger partial charge in [-0.05, 0) is 31.0 Å². The highest BCUT2D eigenvalue weighted by Gasteiger charge is 2.25. The Kier molecular flexibility index (Phi) is 3.18. The van der Waals surface area contributed by atoms with Crippen LogP contribution in [-0.2, 0) is 7.05 Å². The molecule has 20 heavy (non-hydrogen) atoms. The lowest BCUT2D eigenvalue weighted by atomic mass is 10.1. The quantitative estimate of drug-likeness (QED) is 0.925. The van der Waals surface area contributed by atoms with E-state index in [0.717, 1.165) is 29.8 Å². The Balaban J connectivity index is 1.89. The first kappa shape index (κ1) is 12.7. The van der Waals surface area contributed by atoms with Gasteiger partial charge in [-0.25, -0.2) is 0 Å². The Bertz CT molecular complexity index is 644. The number of aromatic nitrogens is 2. The second kappa shape index (κ2) is 5.00. The molecule has 1 aromatic carbocycles. The summed E-state index contributed by atoms with van der Waals surface area (Å²) in [6, 6.07) is 9.87. The van der Waals surface area contributed by atoms with E-state index in [9.17, 15) is 4.79 Å². The predicted molar refractivity (Wildman–Crippen MR) is 75.7 cm³/mol. The van der Waals surface area contributed by atoms with Crippen molar-refractivity contribution in [3.8, 4) is 17.0 Å². The van der Waals surface area contributed by atoms with Crippen LogP contribution >= 0.6 is 0 Å². The van der Waals surface area contributed by atoms with Gasteiger partial charge < -0.3 is 10.1 Å². The number of amides is 1. The van der Waals surface area contributed by atoms with Gasteiger partial charge in [0.1, 0.15) is 5.75 Å². The Hall–Kier alpha value is -2.30. The Morgan fingerprint density at radius 2 is 2.20 bits per heavy atom. The van der Waals surface area contributed by atoms with E-state index in [4.69, 9.17) is 4.74 Å². The highest BCUT2D eigenvalue weighted by atomic mass is 16.5. The van der Waals surface area contributed by atoms with E-state index in [1.807, 2.05) is 37.4 Å². The van der Waals surface area contributed by atoms with Crippen LogP contribution in [0.15, 0.2) is 30.3 Å². The normalized spacial score (nSPS) is 14.1. The van der Waals surface area contributed by atoms with E-state index in [-0.39, 0.29) is 5.91 Å². The molecule has 0 spiro atoms. The molecule has 1 amide bonds. The molecule has 1 fully saturated rings. The van der Waals surface area contributed by atoms with Gasteiger partial charge in [0.2, 0.25) is 0 Å². The number of carbonyl (C=O) groups excluding carboxylic acids is 1. The van der Waals surface area contributed by atoms with Gasteiger partial charge in [0.05, 0.1) is 12.8 Å². The zero-order valence-electron chi connectivity index (χ0n) is 11.6. The van der Waals surface area contributed by atoms with Crippen LogP contribution in [0, 0.1) is 0 Å². The number of benzene rings is 1. The van der Waals surface area contributed by atoms with Gasteiger partial charge in [-0.2, -0.15) is 5.10 Å². The third-order valence-electron chi connectivity index (χ3n) is 3.39. The maximum atomic E-state index is 12.0. The van der Waals surface area contributed by atoms with Crippen molar-refractivity contribution in [1.82, 2.24) is 15.1 Å². The highest BCUT2D eigenvalue weighted by Crippen LogP contribution is 2.25. The Labute approximate surface area is 117 Å². The van der Waals surface area contributed by atoms with Crippen molar-refractivity contribution in [1.29, 1.82) is 0 Å². The smallest absolute Gasteiger partial charge is 0.272 e. The molecular formula is C15H17N3O2. The lowest BCUT2D eigenvalue weighted by molar-refractivity contribution is 0.0945. The van der Waals surface area contributed by atoms with Crippen LogP contribution in [0.4, 0.5) is 0 Å². The number of nitrogens with one attached hydrogen (secondary N) is 1. The minimum absolute atomic E-state index is 0.0998. The Morgan fingerprint density at radius 1 is 1.40 bits per heavy atom. The van der Waals surface area contributed by atoms with Crippen molar-refractivity contribution in [2.75, 3.05) is 7.11 Å². The van der Waals surface area contributed by atoms with Crippen LogP contribution in [0.5, 0.6) is 5.75 Å². The van der Waals surface area contributed by atoms with Crippen LogP contribution in [0.1, 0.15) is 23.3 Å². The molecule has 5 heteroatoms. The topological polar surface area (TPSA) is 56.1 Å². The van der Waals surface area contributed by atoms with Gasteiger partial charge >= 0.3 is 0 Å². The SMILES string of the molecule is COc1cccc(-c2cc(C(=O)NC3CC3)nn2C)c1. The number of nitrogens with zero attached hydrogens (tertiary/aromatic N) is 2. The molecule has 2 aromatic rings. The van der Waals surface area contributed by atoms with Crippen molar-refractivity contribution in [3.63, 3.8) is 0 Å². The fraction of sp³-hybridized carbons (Fsp3) is 0.333. The second-order valence-electron chi connectivity index (χ2n) is 5.02. The zero-order chi connectivity index (χ0) is 14.1. The van der Waals surface area contributed by atoms with Crippen molar-refractivity contribution < 1.29 is 9.53 Å². The second-order valence-corrected chi connectivity index (χ2v) is 5.02. The monoisotopic (exact) mass is 271 g/mol. The van der Waals surface area contributed by atoms with Gasteiger partial charge in [-0.3, -0.25) is 9.48 Å². The summed E-state index contributed by atoms with van der Waals surface area (Å²) in [7, 11) is 3.47. The summed E-state index contributed by atoms with van der Waals surface area (Å²) in [6.45, 7) is 0.